The van der Waals surface area contributed by atoms with E-state index < -0.39 is 0 Å². The van der Waals surface area contributed by atoms with E-state index in [4.69, 9.17) is 10.1 Å². The third-order valence-corrected chi connectivity index (χ3v) is 8.17. The molecule has 1 aliphatic carbocycles. The Hall–Kier alpha value is -5.28. The van der Waals surface area contributed by atoms with E-state index in [1.807, 2.05) is 10.6 Å². The third-order valence-electron chi connectivity index (χ3n) is 8.17. The fraction of sp³-hybridized carbons (Fsp3) is 0. The molecule has 39 heavy (non-hydrogen) atoms. The van der Waals surface area contributed by atoms with Gasteiger partial charge in [0.2, 0.25) is 0 Å². The van der Waals surface area contributed by atoms with Crippen molar-refractivity contribution in [1.82, 2.24) is 14.6 Å². The van der Waals surface area contributed by atoms with Crippen LogP contribution in [0, 0.1) is 0 Å². The molecule has 0 atom stereocenters. The highest BCUT2D eigenvalue weighted by atomic mass is 15.2. The summed E-state index contributed by atoms with van der Waals surface area (Å²) in [5.41, 5.74) is 12.6. The van der Waals surface area contributed by atoms with Gasteiger partial charge >= 0.3 is 0 Å². The zero-order chi connectivity index (χ0) is 25.5. The molecule has 3 heterocycles. The zero-order valence-electron chi connectivity index (χ0n) is 21.0. The molecule has 0 amide bonds. The molecule has 0 saturated carbocycles. The third kappa shape index (κ3) is 2.87. The van der Waals surface area contributed by atoms with Crippen molar-refractivity contribution in [2.45, 2.75) is 0 Å². The summed E-state index contributed by atoms with van der Waals surface area (Å²) in [7, 11) is 0. The second-order valence-electron chi connectivity index (χ2n) is 10.3. The molecular weight excluding hydrogens is 474 g/mol. The van der Waals surface area contributed by atoms with Crippen molar-refractivity contribution in [1.29, 1.82) is 0 Å². The van der Waals surface area contributed by atoms with Gasteiger partial charge in [0.1, 0.15) is 0 Å². The van der Waals surface area contributed by atoms with Gasteiger partial charge in [0.05, 0.1) is 27.9 Å². The van der Waals surface area contributed by atoms with E-state index in [1.165, 1.54) is 44.2 Å². The lowest BCUT2D eigenvalue weighted by Crippen LogP contribution is -1.95. The molecule has 0 saturated heterocycles. The molecule has 3 aromatic heterocycles. The molecule has 180 valence electrons. The second kappa shape index (κ2) is 7.62. The maximum Gasteiger partial charge on any atom is 0.0934 e. The smallest absolute Gasteiger partial charge is 0.0934 e. The molecule has 3 heteroatoms. The van der Waals surface area contributed by atoms with Gasteiger partial charge in [-0.2, -0.15) is 5.10 Å². The molecule has 0 unspecified atom stereocenters. The van der Waals surface area contributed by atoms with Gasteiger partial charge in [-0.1, -0.05) is 97.1 Å². The standard InChI is InChI=1S/C36H21N3/c1-2-8-26-25(7-1)28-11-5-10-27-24(18-19-29(26)36(27)28)23-16-15-22-17-20-32(37-33(22)21-23)35-14-6-13-34-30-9-3-4-12-31(30)38-39(34)35/h1-21H. The molecule has 5 aromatic carbocycles. The number of nitrogens with zero attached hydrogens (tertiary/aromatic N) is 3. The first-order valence-corrected chi connectivity index (χ1v) is 13.3. The minimum absolute atomic E-state index is 0.911. The largest absolute Gasteiger partial charge is 0.246 e. The Bertz CT molecular complexity index is 2260. The van der Waals surface area contributed by atoms with Crippen molar-refractivity contribution in [3.05, 3.63) is 127 Å². The highest BCUT2D eigenvalue weighted by Crippen LogP contribution is 2.49. The van der Waals surface area contributed by atoms with E-state index in [1.54, 1.807) is 0 Å². The van der Waals surface area contributed by atoms with Crippen molar-refractivity contribution < 1.29 is 0 Å². The first kappa shape index (κ1) is 20.7. The monoisotopic (exact) mass is 495 g/mol. The average Bonchev–Trinajstić information content (AvgIpc) is 3.54. The lowest BCUT2D eigenvalue weighted by molar-refractivity contribution is 0.984. The summed E-state index contributed by atoms with van der Waals surface area (Å²) in [6.45, 7) is 0. The van der Waals surface area contributed by atoms with Crippen molar-refractivity contribution >= 4 is 38.1 Å². The highest BCUT2D eigenvalue weighted by molar-refractivity contribution is 6.18. The number of hydrogen-bond donors (Lipinski definition) is 0. The lowest BCUT2D eigenvalue weighted by Gasteiger charge is -2.11. The zero-order valence-corrected chi connectivity index (χ0v) is 21.0. The summed E-state index contributed by atoms with van der Waals surface area (Å²) in [6, 6.07) is 45.4. The molecule has 9 rings (SSSR count). The molecule has 0 aliphatic heterocycles. The number of rotatable bonds is 2. The molecule has 0 fully saturated rings. The first-order chi connectivity index (χ1) is 19.3. The summed E-state index contributed by atoms with van der Waals surface area (Å²) in [5.74, 6) is 0. The van der Waals surface area contributed by atoms with Crippen LogP contribution < -0.4 is 0 Å². The SMILES string of the molecule is c1ccc2c(c1)-c1cccc3c(-c4ccc5ccc(-c6cccc7c8ccccc8nn67)nc5c4)ccc-2c13. The van der Waals surface area contributed by atoms with Crippen LogP contribution in [-0.4, -0.2) is 14.6 Å². The molecule has 0 bridgehead atoms. The molecule has 3 nitrogen and oxygen atoms in total. The Morgan fingerprint density at radius 3 is 2.13 bits per heavy atom. The Morgan fingerprint density at radius 2 is 1.21 bits per heavy atom. The number of aromatic nitrogens is 3. The van der Waals surface area contributed by atoms with E-state index in [0.717, 1.165) is 38.7 Å². The van der Waals surface area contributed by atoms with Crippen LogP contribution in [0.5, 0.6) is 0 Å². The van der Waals surface area contributed by atoms with Crippen LogP contribution in [0.3, 0.4) is 0 Å². The fourth-order valence-corrected chi connectivity index (χ4v) is 6.38. The lowest BCUT2D eigenvalue weighted by atomic mass is 9.94. The maximum absolute atomic E-state index is 5.15. The Kier molecular flexibility index (Phi) is 4.05. The van der Waals surface area contributed by atoms with Crippen molar-refractivity contribution in [3.63, 3.8) is 0 Å². The van der Waals surface area contributed by atoms with Gasteiger partial charge in [0, 0.05) is 10.8 Å². The average molecular weight is 496 g/mol. The van der Waals surface area contributed by atoms with Gasteiger partial charge in [0.25, 0.3) is 0 Å². The maximum atomic E-state index is 5.15. The van der Waals surface area contributed by atoms with Crippen LogP contribution in [0.15, 0.2) is 127 Å². The first-order valence-electron chi connectivity index (χ1n) is 13.3. The number of benzene rings is 5. The molecule has 0 N–H and O–H groups in total. The summed E-state index contributed by atoms with van der Waals surface area (Å²) in [4.78, 5) is 5.15. The normalized spacial score (nSPS) is 12.1. The van der Waals surface area contributed by atoms with Crippen LogP contribution in [0.1, 0.15) is 0 Å². The minimum atomic E-state index is 0.911. The summed E-state index contributed by atoms with van der Waals surface area (Å²) in [6.07, 6.45) is 0. The Morgan fingerprint density at radius 1 is 0.487 bits per heavy atom. The van der Waals surface area contributed by atoms with Gasteiger partial charge < -0.3 is 0 Å². The van der Waals surface area contributed by atoms with Crippen LogP contribution in [0.25, 0.3) is 82.9 Å². The van der Waals surface area contributed by atoms with E-state index in [9.17, 15) is 0 Å². The van der Waals surface area contributed by atoms with Crippen LogP contribution in [0.4, 0.5) is 0 Å². The van der Waals surface area contributed by atoms with E-state index >= 15 is 0 Å². The van der Waals surface area contributed by atoms with E-state index in [0.29, 0.717) is 0 Å². The van der Waals surface area contributed by atoms with E-state index in [2.05, 4.69) is 121 Å². The van der Waals surface area contributed by atoms with Crippen LogP contribution >= 0.6 is 0 Å². The fourth-order valence-electron chi connectivity index (χ4n) is 6.38. The van der Waals surface area contributed by atoms with Crippen LogP contribution in [0.2, 0.25) is 0 Å². The highest BCUT2D eigenvalue weighted by Gasteiger charge is 2.22. The van der Waals surface area contributed by atoms with Gasteiger partial charge in [-0.15, -0.1) is 0 Å². The topological polar surface area (TPSA) is 30.2 Å². The molecule has 8 aromatic rings. The Balaban J connectivity index is 1.23. The summed E-state index contributed by atoms with van der Waals surface area (Å²) >= 11 is 0. The molecule has 1 aliphatic rings. The summed E-state index contributed by atoms with van der Waals surface area (Å²) in [5, 5.41) is 9.79. The number of fused-ring (bicyclic) bond motifs is 7. The molecule has 0 radical (unpaired) electrons. The Labute approximate surface area is 224 Å². The van der Waals surface area contributed by atoms with Crippen molar-refractivity contribution in [3.8, 4) is 44.8 Å². The summed E-state index contributed by atoms with van der Waals surface area (Å²) < 4.78 is 2.02. The quantitative estimate of drug-likeness (QED) is 0.239. The molecular formula is C36H21N3. The van der Waals surface area contributed by atoms with Crippen molar-refractivity contribution in [2.75, 3.05) is 0 Å². The van der Waals surface area contributed by atoms with Gasteiger partial charge in [0.15, 0.2) is 0 Å². The minimum Gasteiger partial charge on any atom is -0.246 e. The number of hydrogen-bond acceptors (Lipinski definition) is 2. The number of pyridine rings is 2. The molecule has 0 spiro atoms. The van der Waals surface area contributed by atoms with Gasteiger partial charge in [-0.25, -0.2) is 9.50 Å². The van der Waals surface area contributed by atoms with Crippen molar-refractivity contribution in [2.24, 2.45) is 0 Å². The van der Waals surface area contributed by atoms with Gasteiger partial charge in [-0.05, 0) is 74.5 Å². The van der Waals surface area contributed by atoms with E-state index in [-0.39, 0.29) is 0 Å². The van der Waals surface area contributed by atoms with Crippen LogP contribution in [-0.2, 0) is 0 Å². The second-order valence-corrected chi connectivity index (χ2v) is 10.3. The predicted molar refractivity (Wildman–Crippen MR) is 161 cm³/mol. The van der Waals surface area contributed by atoms with Gasteiger partial charge in [-0.3, -0.25) is 0 Å². The predicted octanol–water partition coefficient (Wildman–Crippen LogP) is 9.17.